The summed E-state index contributed by atoms with van der Waals surface area (Å²) in [5.41, 5.74) is 6.13. The second kappa shape index (κ2) is 8.52. The summed E-state index contributed by atoms with van der Waals surface area (Å²) in [5, 5.41) is 12.7. The van der Waals surface area contributed by atoms with Crippen molar-refractivity contribution in [2.24, 2.45) is 5.73 Å². The van der Waals surface area contributed by atoms with E-state index in [1.807, 2.05) is 0 Å². The number of carbonyl (C=O) groups excluding carboxylic acids is 1. The number of nitrogens with two attached hydrogens (primary N) is 1. The number of nitrogens with one attached hydrogen (secondary N) is 1. The molecule has 0 heterocycles. The number of ether oxygens (including phenoxy) is 2. The van der Waals surface area contributed by atoms with Gasteiger partial charge in [0.2, 0.25) is 5.91 Å². The molecule has 6 nitrogen and oxygen atoms in total. The van der Waals surface area contributed by atoms with E-state index in [1.54, 1.807) is 31.4 Å². The third kappa shape index (κ3) is 5.16. The van der Waals surface area contributed by atoms with Crippen molar-refractivity contribution in [3.63, 3.8) is 0 Å². The van der Waals surface area contributed by atoms with Crippen LogP contribution in [0.4, 0.5) is 0 Å². The molecular weight excluding hydrogens is 260 g/mol. The van der Waals surface area contributed by atoms with Gasteiger partial charge in [0.1, 0.15) is 5.75 Å². The predicted molar refractivity (Wildman–Crippen MR) is 75.4 cm³/mol. The normalized spacial score (nSPS) is 13.6. The van der Waals surface area contributed by atoms with Gasteiger partial charge in [-0.05, 0) is 17.7 Å². The number of rotatable bonds is 8. The Bertz CT molecular complexity index is 421. The van der Waals surface area contributed by atoms with Gasteiger partial charge in [0.15, 0.2) is 0 Å². The molecule has 2 unspecified atom stereocenters. The van der Waals surface area contributed by atoms with Gasteiger partial charge in [0, 0.05) is 20.2 Å². The summed E-state index contributed by atoms with van der Waals surface area (Å²) in [5.74, 6) is 0.458. The number of amides is 1. The lowest BCUT2D eigenvalue weighted by Gasteiger charge is -2.15. The second-order valence-electron chi connectivity index (χ2n) is 4.39. The maximum Gasteiger partial charge on any atom is 0.222 e. The van der Waals surface area contributed by atoms with E-state index in [0.29, 0.717) is 11.3 Å². The fourth-order valence-corrected chi connectivity index (χ4v) is 1.72. The lowest BCUT2D eigenvalue weighted by atomic mass is 10.1. The van der Waals surface area contributed by atoms with Crippen molar-refractivity contribution in [2.45, 2.75) is 18.6 Å². The molecule has 0 aliphatic rings. The van der Waals surface area contributed by atoms with Crippen molar-refractivity contribution in [1.82, 2.24) is 5.32 Å². The highest BCUT2D eigenvalue weighted by molar-refractivity contribution is 5.76. The fourth-order valence-electron chi connectivity index (χ4n) is 1.72. The number of benzene rings is 1. The molecule has 0 saturated heterocycles. The summed E-state index contributed by atoms with van der Waals surface area (Å²) in [6.07, 6.45) is -0.908. The Morgan fingerprint density at radius 2 is 2.20 bits per heavy atom. The minimum absolute atomic E-state index is 0.132. The van der Waals surface area contributed by atoms with Crippen LogP contribution in [-0.4, -0.2) is 44.4 Å². The predicted octanol–water partition coefficient (Wildman–Crippen LogP) is 0.209. The van der Waals surface area contributed by atoms with Gasteiger partial charge in [-0.15, -0.1) is 0 Å². The van der Waals surface area contributed by atoms with E-state index in [2.05, 4.69) is 5.32 Å². The Morgan fingerprint density at radius 1 is 1.45 bits per heavy atom. The van der Waals surface area contributed by atoms with E-state index in [4.69, 9.17) is 15.2 Å². The summed E-state index contributed by atoms with van der Waals surface area (Å²) in [6, 6.07) is 7.08. The molecule has 0 saturated carbocycles. The van der Waals surface area contributed by atoms with Gasteiger partial charge < -0.3 is 25.6 Å². The summed E-state index contributed by atoms with van der Waals surface area (Å²) >= 11 is 0. The molecular formula is C14H22N2O4. The van der Waals surface area contributed by atoms with Crippen molar-refractivity contribution in [1.29, 1.82) is 0 Å². The fraction of sp³-hybridized carbons (Fsp3) is 0.500. The highest BCUT2D eigenvalue weighted by atomic mass is 16.5. The smallest absolute Gasteiger partial charge is 0.222 e. The maximum atomic E-state index is 11.6. The highest BCUT2D eigenvalue weighted by Gasteiger charge is 2.14. The molecule has 4 N–H and O–H groups in total. The molecule has 0 aliphatic carbocycles. The van der Waals surface area contributed by atoms with Gasteiger partial charge in [0.25, 0.3) is 0 Å². The van der Waals surface area contributed by atoms with Crippen molar-refractivity contribution in [2.75, 3.05) is 27.3 Å². The molecule has 0 aliphatic heterocycles. The summed E-state index contributed by atoms with van der Waals surface area (Å²) in [4.78, 5) is 11.6. The van der Waals surface area contributed by atoms with Gasteiger partial charge in [0.05, 0.1) is 25.7 Å². The van der Waals surface area contributed by atoms with Crippen LogP contribution in [0.25, 0.3) is 0 Å². The molecule has 1 amide bonds. The van der Waals surface area contributed by atoms with Crippen molar-refractivity contribution < 1.29 is 19.4 Å². The Balaban J connectivity index is 2.46. The molecule has 6 heteroatoms. The van der Waals surface area contributed by atoms with E-state index in [1.165, 1.54) is 7.11 Å². The number of hydrogen-bond acceptors (Lipinski definition) is 5. The molecule has 112 valence electrons. The molecule has 0 bridgehead atoms. The summed E-state index contributed by atoms with van der Waals surface area (Å²) < 4.78 is 10.1. The van der Waals surface area contributed by atoms with Crippen LogP contribution in [0.2, 0.25) is 0 Å². The molecule has 1 rings (SSSR count). The first-order valence-corrected chi connectivity index (χ1v) is 6.42. The van der Waals surface area contributed by atoms with Crippen LogP contribution in [0.15, 0.2) is 24.3 Å². The van der Waals surface area contributed by atoms with E-state index in [0.717, 1.165) is 0 Å². The van der Waals surface area contributed by atoms with Gasteiger partial charge in [-0.1, -0.05) is 12.1 Å². The van der Waals surface area contributed by atoms with Crippen LogP contribution in [0.5, 0.6) is 5.75 Å². The average Bonchev–Trinajstić information content (AvgIpc) is 2.50. The Kier molecular flexibility index (Phi) is 7.00. The second-order valence-corrected chi connectivity index (χ2v) is 4.39. The first-order valence-electron chi connectivity index (χ1n) is 6.42. The van der Waals surface area contributed by atoms with Crippen molar-refractivity contribution >= 4 is 5.91 Å². The molecule has 1 aromatic rings. The molecule has 0 aromatic heterocycles. The lowest BCUT2D eigenvalue weighted by molar-refractivity contribution is -0.123. The van der Waals surface area contributed by atoms with Crippen LogP contribution in [0.1, 0.15) is 18.1 Å². The zero-order valence-corrected chi connectivity index (χ0v) is 11.8. The van der Waals surface area contributed by atoms with Crippen LogP contribution >= 0.6 is 0 Å². The number of carbonyl (C=O) groups is 1. The minimum atomic E-state index is -0.784. The van der Waals surface area contributed by atoms with Crippen molar-refractivity contribution in [3.8, 4) is 5.75 Å². The quantitative estimate of drug-likeness (QED) is 0.633. The van der Waals surface area contributed by atoms with E-state index >= 15 is 0 Å². The lowest BCUT2D eigenvalue weighted by Crippen LogP contribution is -2.34. The molecule has 20 heavy (non-hydrogen) atoms. The monoisotopic (exact) mass is 282 g/mol. The van der Waals surface area contributed by atoms with Crippen LogP contribution in [-0.2, 0) is 9.53 Å². The van der Waals surface area contributed by atoms with E-state index < -0.39 is 6.10 Å². The van der Waals surface area contributed by atoms with Gasteiger partial charge >= 0.3 is 0 Å². The van der Waals surface area contributed by atoms with E-state index in [9.17, 15) is 9.90 Å². The number of methoxy groups -OCH3 is 2. The molecule has 0 radical (unpaired) electrons. The first-order chi connectivity index (χ1) is 9.60. The molecule has 1 aromatic carbocycles. The zero-order chi connectivity index (χ0) is 15.0. The first kappa shape index (κ1) is 16.4. The Morgan fingerprint density at radius 3 is 2.80 bits per heavy atom. The molecule has 0 spiro atoms. The van der Waals surface area contributed by atoms with Crippen LogP contribution in [0, 0.1) is 0 Å². The van der Waals surface area contributed by atoms with E-state index in [-0.39, 0.29) is 31.5 Å². The minimum Gasteiger partial charge on any atom is -0.497 e. The number of aliphatic hydroxyl groups excluding tert-OH is 1. The molecule has 0 fully saturated rings. The standard InChI is InChI=1S/C14H22N2O4/c1-19-11-5-3-4-10(6-11)13(17)9-16-14(18)7-12(8-15)20-2/h3-6,12-13,17H,7-9,15H2,1-2H3,(H,16,18). The number of aliphatic hydroxyl groups is 1. The van der Waals surface area contributed by atoms with Gasteiger partial charge in [-0.25, -0.2) is 0 Å². The van der Waals surface area contributed by atoms with Gasteiger partial charge in [-0.3, -0.25) is 4.79 Å². The Labute approximate surface area is 118 Å². The maximum absolute atomic E-state index is 11.6. The van der Waals surface area contributed by atoms with Gasteiger partial charge in [-0.2, -0.15) is 0 Å². The van der Waals surface area contributed by atoms with Crippen LogP contribution in [0.3, 0.4) is 0 Å². The third-order valence-corrected chi connectivity index (χ3v) is 2.98. The summed E-state index contributed by atoms with van der Waals surface area (Å²) in [7, 11) is 3.07. The zero-order valence-electron chi connectivity index (χ0n) is 11.8. The van der Waals surface area contributed by atoms with Crippen molar-refractivity contribution in [3.05, 3.63) is 29.8 Å². The Hall–Kier alpha value is -1.63. The highest BCUT2D eigenvalue weighted by Crippen LogP contribution is 2.18. The summed E-state index contributed by atoms with van der Waals surface area (Å²) in [6.45, 7) is 0.412. The average molecular weight is 282 g/mol. The third-order valence-electron chi connectivity index (χ3n) is 2.98. The van der Waals surface area contributed by atoms with Crippen LogP contribution < -0.4 is 15.8 Å². The molecule has 2 atom stereocenters. The SMILES string of the molecule is COc1cccc(C(O)CNC(=O)CC(CN)OC)c1. The largest absolute Gasteiger partial charge is 0.497 e. The topological polar surface area (TPSA) is 93.8 Å². The number of hydrogen-bond donors (Lipinski definition) is 3.